The number of nitrogens with one attached hydrogen (secondary N) is 1. The summed E-state index contributed by atoms with van der Waals surface area (Å²) < 4.78 is 5.20. The summed E-state index contributed by atoms with van der Waals surface area (Å²) >= 11 is 0. The molecule has 4 rings (SSSR count). The summed E-state index contributed by atoms with van der Waals surface area (Å²) in [5.74, 6) is 0.520. The van der Waals surface area contributed by atoms with Crippen LogP contribution in [0, 0.1) is 0 Å². The molecule has 2 aromatic rings. The number of anilines is 2. The molecular formula is C24H28N4O4. The number of urea groups is 1. The molecule has 2 fully saturated rings. The third-order valence-corrected chi connectivity index (χ3v) is 5.90. The van der Waals surface area contributed by atoms with E-state index in [4.69, 9.17) is 4.74 Å². The summed E-state index contributed by atoms with van der Waals surface area (Å²) in [5, 5.41) is 2.77. The Morgan fingerprint density at radius 3 is 2.25 bits per heavy atom. The molecule has 4 amide bonds. The highest BCUT2D eigenvalue weighted by Gasteiger charge is 2.41. The molecular weight excluding hydrogens is 408 g/mol. The van der Waals surface area contributed by atoms with Crippen LogP contribution in [0.4, 0.5) is 16.2 Å². The lowest BCUT2D eigenvalue weighted by Crippen LogP contribution is -2.63. The highest BCUT2D eigenvalue weighted by molar-refractivity contribution is 5.99. The summed E-state index contributed by atoms with van der Waals surface area (Å²) in [6.45, 7) is 5.67. The zero-order valence-corrected chi connectivity index (χ0v) is 18.6. The number of carbonyl (C=O) groups is 3. The van der Waals surface area contributed by atoms with E-state index in [1.165, 1.54) is 0 Å². The van der Waals surface area contributed by atoms with E-state index in [0.717, 1.165) is 22.7 Å². The molecule has 32 heavy (non-hydrogen) atoms. The lowest BCUT2D eigenvalue weighted by molar-refractivity contribution is -0.138. The molecule has 2 heterocycles. The largest absolute Gasteiger partial charge is 0.497 e. The van der Waals surface area contributed by atoms with Crippen LogP contribution in [-0.4, -0.2) is 61.6 Å². The fourth-order valence-electron chi connectivity index (χ4n) is 4.36. The monoisotopic (exact) mass is 436 g/mol. The van der Waals surface area contributed by atoms with E-state index in [1.54, 1.807) is 21.8 Å². The Morgan fingerprint density at radius 2 is 1.69 bits per heavy atom. The topological polar surface area (TPSA) is 82.2 Å². The second-order valence-corrected chi connectivity index (χ2v) is 8.72. The Balaban J connectivity index is 1.43. The SMILES string of the molecule is COc1ccc(N2C(=O)CN(C(=O)Cc3ccc(N4CCNC4=O)cc3)CC2(C)C)cc1. The van der Waals surface area contributed by atoms with Gasteiger partial charge < -0.3 is 19.9 Å². The molecule has 0 radical (unpaired) electrons. The molecule has 2 saturated heterocycles. The lowest BCUT2D eigenvalue weighted by atomic mass is 9.96. The summed E-state index contributed by atoms with van der Waals surface area (Å²) in [5.41, 5.74) is 1.89. The highest BCUT2D eigenvalue weighted by atomic mass is 16.5. The average Bonchev–Trinajstić information content (AvgIpc) is 3.19. The normalized spacial score (nSPS) is 18.0. The number of piperazine rings is 1. The zero-order valence-electron chi connectivity index (χ0n) is 18.6. The fourth-order valence-corrected chi connectivity index (χ4v) is 4.36. The van der Waals surface area contributed by atoms with Crippen LogP contribution >= 0.6 is 0 Å². The van der Waals surface area contributed by atoms with Gasteiger partial charge in [-0.15, -0.1) is 0 Å². The van der Waals surface area contributed by atoms with Gasteiger partial charge in [-0.3, -0.25) is 14.5 Å². The summed E-state index contributed by atoms with van der Waals surface area (Å²) in [6, 6.07) is 14.7. The molecule has 1 N–H and O–H groups in total. The summed E-state index contributed by atoms with van der Waals surface area (Å²) in [4.78, 5) is 42.9. The summed E-state index contributed by atoms with van der Waals surface area (Å²) in [7, 11) is 1.60. The first-order valence-corrected chi connectivity index (χ1v) is 10.7. The van der Waals surface area contributed by atoms with Gasteiger partial charge in [-0.25, -0.2) is 4.79 Å². The molecule has 168 valence electrons. The molecule has 0 aliphatic carbocycles. The van der Waals surface area contributed by atoms with Crippen molar-refractivity contribution in [3.8, 4) is 5.75 Å². The van der Waals surface area contributed by atoms with Crippen molar-refractivity contribution in [1.82, 2.24) is 10.2 Å². The Hall–Kier alpha value is -3.55. The molecule has 0 unspecified atom stereocenters. The van der Waals surface area contributed by atoms with Crippen LogP contribution in [0.1, 0.15) is 19.4 Å². The molecule has 8 heteroatoms. The van der Waals surface area contributed by atoms with Crippen molar-refractivity contribution in [2.75, 3.05) is 43.1 Å². The van der Waals surface area contributed by atoms with Gasteiger partial charge in [0.15, 0.2) is 0 Å². The maximum absolute atomic E-state index is 13.0. The van der Waals surface area contributed by atoms with Crippen molar-refractivity contribution in [1.29, 1.82) is 0 Å². The Kier molecular flexibility index (Phi) is 5.78. The number of methoxy groups -OCH3 is 1. The third kappa shape index (κ3) is 4.26. The molecule has 0 aromatic heterocycles. The molecule has 2 aliphatic rings. The number of benzene rings is 2. The van der Waals surface area contributed by atoms with Crippen molar-refractivity contribution in [3.63, 3.8) is 0 Å². The Labute approximate surface area is 187 Å². The van der Waals surface area contributed by atoms with Crippen LogP contribution in [0.2, 0.25) is 0 Å². The predicted molar refractivity (Wildman–Crippen MR) is 122 cm³/mol. The van der Waals surface area contributed by atoms with Crippen LogP contribution in [-0.2, 0) is 16.0 Å². The molecule has 0 atom stereocenters. The van der Waals surface area contributed by atoms with Crippen LogP contribution in [0.5, 0.6) is 5.75 Å². The first-order valence-electron chi connectivity index (χ1n) is 10.7. The minimum atomic E-state index is -0.549. The number of hydrogen-bond donors (Lipinski definition) is 1. The second kappa shape index (κ2) is 8.53. The predicted octanol–water partition coefficient (Wildman–Crippen LogP) is 2.42. The van der Waals surface area contributed by atoms with Crippen molar-refractivity contribution in [3.05, 3.63) is 54.1 Å². The van der Waals surface area contributed by atoms with Gasteiger partial charge in [0, 0.05) is 31.0 Å². The van der Waals surface area contributed by atoms with E-state index >= 15 is 0 Å². The van der Waals surface area contributed by atoms with Crippen LogP contribution in [0.25, 0.3) is 0 Å². The lowest BCUT2D eigenvalue weighted by Gasteiger charge is -2.46. The van der Waals surface area contributed by atoms with Crippen molar-refractivity contribution in [2.45, 2.75) is 25.8 Å². The van der Waals surface area contributed by atoms with Crippen LogP contribution in [0.15, 0.2) is 48.5 Å². The maximum atomic E-state index is 13.0. The van der Waals surface area contributed by atoms with Gasteiger partial charge in [-0.2, -0.15) is 0 Å². The van der Waals surface area contributed by atoms with E-state index in [0.29, 0.717) is 19.6 Å². The fraction of sp³-hybridized carbons (Fsp3) is 0.375. The van der Waals surface area contributed by atoms with Gasteiger partial charge in [0.2, 0.25) is 11.8 Å². The van der Waals surface area contributed by atoms with Crippen LogP contribution in [0.3, 0.4) is 0 Å². The van der Waals surface area contributed by atoms with E-state index in [2.05, 4.69) is 5.32 Å². The molecule has 0 bridgehead atoms. The van der Waals surface area contributed by atoms with Crippen molar-refractivity contribution < 1.29 is 19.1 Å². The maximum Gasteiger partial charge on any atom is 0.321 e. The first-order chi connectivity index (χ1) is 15.3. The number of amides is 4. The Bertz CT molecular complexity index is 1020. The Morgan fingerprint density at radius 1 is 1.03 bits per heavy atom. The van der Waals surface area contributed by atoms with E-state index in [1.807, 2.05) is 62.4 Å². The van der Waals surface area contributed by atoms with E-state index in [-0.39, 0.29) is 30.8 Å². The molecule has 2 aromatic carbocycles. The molecule has 2 aliphatic heterocycles. The van der Waals surface area contributed by atoms with Crippen LogP contribution < -0.4 is 19.9 Å². The van der Waals surface area contributed by atoms with E-state index in [9.17, 15) is 14.4 Å². The molecule has 8 nitrogen and oxygen atoms in total. The number of hydrogen-bond acceptors (Lipinski definition) is 4. The van der Waals surface area contributed by atoms with Crippen molar-refractivity contribution in [2.24, 2.45) is 0 Å². The molecule has 0 saturated carbocycles. The second-order valence-electron chi connectivity index (χ2n) is 8.72. The standard InChI is InChI=1S/C24H28N4O4/c1-24(2)16-26(15-22(30)28(24)19-8-10-20(32-3)11-9-19)21(29)14-17-4-6-18(7-5-17)27-13-12-25-23(27)31/h4-11H,12-16H2,1-3H3,(H,25,31). The van der Waals surface area contributed by atoms with Gasteiger partial charge in [0.05, 0.1) is 19.1 Å². The average molecular weight is 437 g/mol. The highest BCUT2D eigenvalue weighted by Crippen LogP contribution is 2.30. The minimum absolute atomic E-state index is 0.0420. The van der Waals surface area contributed by atoms with Crippen molar-refractivity contribution >= 4 is 29.2 Å². The van der Waals surface area contributed by atoms with Gasteiger partial charge in [-0.05, 0) is 55.8 Å². The third-order valence-electron chi connectivity index (χ3n) is 5.90. The first kappa shape index (κ1) is 21.7. The van der Waals surface area contributed by atoms with Gasteiger partial charge in [0.1, 0.15) is 12.3 Å². The number of nitrogens with zero attached hydrogens (tertiary/aromatic N) is 3. The number of ether oxygens (including phenoxy) is 1. The van der Waals surface area contributed by atoms with Gasteiger partial charge in [-0.1, -0.05) is 12.1 Å². The van der Waals surface area contributed by atoms with Gasteiger partial charge in [0.25, 0.3) is 0 Å². The number of carbonyl (C=O) groups excluding carboxylic acids is 3. The van der Waals surface area contributed by atoms with E-state index < -0.39 is 5.54 Å². The quantitative estimate of drug-likeness (QED) is 0.781. The minimum Gasteiger partial charge on any atom is -0.497 e. The van der Waals surface area contributed by atoms with Gasteiger partial charge >= 0.3 is 6.03 Å². The zero-order chi connectivity index (χ0) is 22.9. The number of rotatable bonds is 5. The molecule has 0 spiro atoms. The smallest absolute Gasteiger partial charge is 0.321 e. The summed E-state index contributed by atoms with van der Waals surface area (Å²) in [6.07, 6.45) is 0.207.